The van der Waals surface area contributed by atoms with E-state index in [9.17, 15) is 9.59 Å². The molecule has 1 amide bonds. The molecule has 1 unspecified atom stereocenters. The topological polar surface area (TPSA) is 84.9 Å². The Morgan fingerprint density at radius 2 is 2.14 bits per heavy atom. The second-order valence-corrected chi connectivity index (χ2v) is 5.88. The number of methoxy groups -OCH3 is 1. The van der Waals surface area contributed by atoms with Crippen molar-refractivity contribution in [1.82, 2.24) is 0 Å². The number of benzene rings is 1. The third-order valence-corrected chi connectivity index (χ3v) is 3.56. The standard InChI is InChI=1S/C14H18ClNO5S/c1-9(6-20-2)21-12-4-3-10(15)5-11(12)16-13(17)7-22-8-14(18)19/h3-5,9H,6-8H2,1-2H3,(H,16,17)(H,18,19). The van der Waals surface area contributed by atoms with Crippen LogP contribution in [-0.4, -0.2) is 48.3 Å². The monoisotopic (exact) mass is 347 g/mol. The molecule has 0 aliphatic carbocycles. The van der Waals surface area contributed by atoms with Gasteiger partial charge in [0.25, 0.3) is 0 Å². The van der Waals surface area contributed by atoms with Crippen molar-refractivity contribution in [1.29, 1.82) is 0 Å². The van der Waals surface area contributed by atoms with E-state index in [1.54, 1.807) is 25.3 Å². The van der Waals surface area contributed by atoms with Crippen LogP contribution in [-0.2, 0) is 14.3 Å². The predicted molar refractivity (Wildman–Crippen MR) is 87.0 cm³/mol. The Labute approximate surface area is 138 Å². The summed E-state index contributed by atoms with van der Waals surface area (Å²) in [6, 6.07) is 4.90. The summed E-state index contributed by atoms with van der Waals surface area (Å²) in [6.07, 6.45) is -0.191. The Balaban J connectivity index is 2.69. The van der Waals surface area contributed by atoms with Crippen molar-refractivity contribution >= 4 is 40.9 Å². The summed E-state index contributed by atoms with van der Waals surface area (Å²) in [5.41, 5.74) is 0.441. The smallest absolute Gasteiger partial charge is 0.313 e. The maximum absolute atomic E-state index is 11.8. The molecule has 0 aliphatic heterocycles. The molecule has 0 spiro atoms. The van der Waals surface area contributed by atoms with E-state index >= 15 is 0 Å². The first-order chi connectivity index (χ1) is 10.4. The largest absolute Gasteiger partial charge is 0.486 e. The van der Waals surface area contributed by atoms with E-state index < -0.39 is 5.97 Å². The average Bonchev–Trinajstić information content (AvgIpc) is 2.41. The molecule has 122 valence electrons. The quantitative estimate of drug-likeness (QED) is 0.714. The molecule has 1 aromatic carbocycles. The van der Waals surface area contributed by atoms with Gasteiger partial charge in [-0.2, -0.15) is 0 Å². The number of thioether (sulfide) groups is 1. The molecule has 1 atom stereocenters. The highest BCUT2D eigenvalue weighted by atomic mass is 35.5. The second-order valence-electron chi connectivity index (χ2n) is 4.46. The first-order valence-electron chi connectivity index (χ1n) is 6.47. The normalized spacial score (nSPS) is 11.8. The number of carbonyl (C=O) groups is 2. The lowest BCUT2D eigenvalue weighted by molar-refractivity contribution is -0.133. The van der Waals surface area contributed by atoms with Gasteiger partial charge < -0.3 is 19.9 Å². The highest BCUT2D eigenvalue weighted by Crippen LogP contribution is 2.29. The number of carboxylic acid groups (broad SMARTS) is 1. The van der Waals surface area contributed by atoms with E-state index in [-0.39, 0.29) is 23.5 Å². The first-order valence-corrected chi connectivity index (χ1v) is 8.00. The highest BCUT2D eigenvalue weighted by Gasteiger charge is 2.12. The molecule has 0 aliphatic rings. The van der Waals surface area contributed by atoms with Crippen molar-refractivity contribution in [2.45, 2.75) is 13.0 Å². The predicted octanol–water partition coefficient (Wildman–Crippen LogP) is 2.51. The van der Waals surface area contributed by atoms with Crippen LogP contribution in [0.1, 0.15) is 6.92 Å². The van der Waals surface area contributed by atoms with Crippen LogP contribution < -0.4 is 10.1 Å². The van der Waals surface area contributed by atoms with Gasteiger partial charge in [-0.05, 0) is 25.1 Å². The van der Waals surface area contributed by atoms with Gasteiger partial charge in [-0.15, -0.1) is 11.8 Å². The number of amides is 1. The number of aliphatic carboxylic acids is 1. The van der Waals surface area contributed by atoms with E-state index in [2.05, 4.69) is 5.32 Å². The molecule has 0 fully saturated rings. The number of carbonyl (C=O) groups excluding carboxylic acids is 1. The van der Waals surface area contributed by atoms with Crippen LogP contribution in [0.15, 0.2) is 18.2 Å². The van der Waals surface area contributed by atoms with Gasteiger partial charge in [0.15, 0.2) is 0 Å². The molecule has 0 saturated heterocycles. The van der Waals surface area contributed by atoms with Crippen LogP contribution in [0.4, 0.5) is 5.69 Å². The van der Waals surface area contributed by atoms with E-state index in [4.69, 9.17) is 26.2 Å². The van der Waals surface area contributed by atoms with Crippen molar-refractivity contribution in [3.05, 3.63) is 23.2 Å². The van der Waals surface area contributed by atoms with Gasteiger partial charge >= 0.3 is 5.97 Å². The summed E-state index contributed by atoms with van der Waals surface area (Å²) in [5.74, 6) is -0.899. The van der Waals surface area contributed by atoms with Gasteiger partial charge in [-0.1, -0.05) is 11.6 Å². The van der Waals surface area contributed by atoms with Gasteiger partial charge in [0.1, 0.15) is 11.9 Å². The van der Waals surface area contributed by atoms with Crippen molar-refractivity contribution in [3.8, 4) is 5.75 Å². The molecule has 6 nitrogen and oxygen atoms in total. The molecule has 1 aromatic rings. The van der Waals surface area contributed by atoms with Gasteiger partial charge in [0.2, 0.25) is 5.91 Å². The zero-order chi connectivity index (χ0) is 16.5. The van der Waals surface area contributed by atoms with Crippen molar-refractivity contribution < 1.29 is 24.2 Å². The molecule has 2 N–H and O–H groups in total. The maximum Gasteiger partial charge on any atom is 0.313 e. The number of rotatable bonds is 9. The Bertz CT molecular complexity index is 526. The number of ether oxygens (including phenoxy) is 2. The molecule has 8 heteroatoms. The molecule has 0 heterocycles. The molecule has 22 heavy (non-hydrogen) atoms. The van der Waals surface area contributed by atoms with Gasteiger partial charge in [-0.25, -0.2) is 0 Å². The van der Waals surface area contributed by atoms with Crippen molar-refractivity contribution in [2.24, 2.45) is 0 Å². The third-order valence-electron chi connectivity index (χ3n) is 2.40. The second kappa shape index (κ2) is 9.55. The summed E-state index contributed by atoms with van der Waals surface area (Å²) in [4.78, 5) is 22.2. The van der Waals surface area contributed by atoms with Gasteiger partial charge in [0.05, 0.1) is 23.8 Å². The van der Waals surface area contributed by atoms with Gasteiger partial charge in [0, 0.05) is 12.1 Å². The molecule has 1 rings (SSSR count). The summed E-state index contributed by atoms with van der Waals surface area (Å²) in [6.45, 7) is 2.25. The Kier molecular flexibility index (Phi) is 8.08. The minimum Gasteiger partial charge on any atom is -0.486 e. The summed E-state index contributed by atoms with van der Waals surface area (Å²) in [5, 5.41) is 11.7. The molecule has 0 radical (unpaired) electrons. The van der Waals surface area contributed by atoms with E-state index in [1.807, 2.05) is 6.92 Å². The lowest BCUT2D eigenvalue weighted by Crippen LogP contribution is -2.20. The first kappa shape index (κ1) is 18.6. The number of anilines is 1. The van der Waals surface area contributed by atoms with E-state index in [1.165, 1.54) is 0 Å². The number of nitrogens with one attached hydrogen (secondary N) is 1. The zero-order valence-corrected chi connectivity index (χ0v) is 13.9. The fourth-order valence-electron chi connectivity index (χ4n) is 1.61. The molecule has 0 aromatic heterocycles. The summed E-state index contributed by atoms with van der Waals surface area (Å²) < 4.78 is 10.7. The van der Waals surface area contributed by atoms with Crippen LogP contribution in [0.3, 0.4) is 0 Å². The van der Waals surface area contributed by atoms with Crippen molar-refractivity contribution in [2.75, 3.05) is 30.5 Å². The van der Waals surface area contributed by atoms with Crippen LogP contribution in [0.25, 0.3) is 0 Å². The number of carboxylic acids is 1. The number of hydrogen-bond acceptors (Lipinski definition) is 5. The highest BCUT2D eigenvalue weighted by molar-refractivity contribution is 8.00. The maximum atomic E-state index is 11.8. The Hall–Kier alpha value is -1.44. The van der Waals surface area contributed by atoms with Gasteiger partial charge in [-0.3, -0.25) is 9.59 Å². The lowest BCUT2D eigenvalue weighted by Gasteiger charge is -2.17. The molecular weight excluding hydrogens is 330 g/mol. The SMILES string of the molecule is COCC(C)Oc1ccc(Cl)cc1NC(=O)CSCC(=O)O. The molecular formula is C14H18ClNO5S. The van der Waals surface area contributed by atoms with E-state index in [0.717, 1.165) is 11.8 Å². The third kappa shape index (κ3) is 7.02. The fraction of sp³-hybridized carbons (Fsp3) is 0.429. The van der Waals surface area contributed by atoms with Crippen LogP contribution in [0.2, 0.25) is 5.02 Å². The van der Waals surface area contributed by atoms with E-state index in [0.29, 0.717) is 23.1 Å². The molecule has 0 bridgehead atoms. The van der Waals surface area contributed by atoms with Crippen LogP contribution in [0.5, 0.6) is 5.75 Å². The summed E-state index contributed by atoms with van der Waals surface area (Å²) in [7, 11) is 1.57. The Morgan fingerprint density at radius 3 is 2.77 bits per heavy atom. The van der Waals surface area contributed by atoms with Crippen molar-refractivity contribution in [3.63, 3.8) is 0 Å². The van der Waals surface area contributed by atoms with Crippen LogP contribution in [0, 0.1) is 0 Å². The molecule has 0 saturated carbocycles. The number of hydrogen-bond donors (Lipinski definition) is 2. The summed E-state index contributed by atoms with van der Waals surface area (Å²) >= 11 is 6.94. The lowest BCUT2D eigenvalue weighted by atomic mass is 10.3. The zero-order valence-electron chi connectivity index (χ0n) is 12.3. The minimum absolute atomic E-state index is 0.0336. The minimum atomic E-state index is -0.960. The van der Waals surface area contributed by atoms with Crippen LogP contribution >= 0.6 is 23.4 Å². The Morgan fingerprint density at radius 1 is 1.41 bits per heavy atom. The average molecular weight is 348 g/mol. The number of halogens is 1. The fourth-order valence-corrected chi connectivity index (χ4v) is 2.31.